The molecule has 1 aromatic rings. The molecule has 4 nitrogen and oxygen atoms in total. The SMILES string of the molecule is O=C1CC(S(=O)(=O)Cl)CN1Cc1c(F)cc(F)cc1F. The Morgan fingerprint density at radius 2 is 1.80 bits per heavy atom. The molecule has 0 radical (unpaired) electrons. The van der Waals surface area contributed by atoms with Crippen molar-refractivity contribution in [2.24, 2.45) is 0 Å². The lowest BCUT2D eigenvalue weighted by molar-refractivity contribution is -0.128. The Morgan fingerprint density at radius 1 is 1.25 bits per heavy atom. The van der Waals surface area contributed by atoms with Gasteiger partial charge in [0.15, 0.2) is 0 Å². The summed E-state index contributed by atoms with van der Waals surface area (Å²) < 4.78 is 62.0. The number of nitrogens with zero attached hydrogens (tertiary/aromatic N) is 1. The van der Waals surface area contributed by atoms with Crippen LogP contribution in [0.25, 0.3) is 0 Å². The van der Waals surface area contributed by atoms with Crippen molar-refractivity contribution in [1.29, 1.82) is 0 Å². The maximum Gasteiger partial charge on any atom is 0.237 e. The van der Waals surface area contributed by atoms with Crippen molar-refractivity contribution >= 4 is 25.6 Å². The van der Waals surface area contributed by atoms with Gasteiger partial charge in [-0.25, -0.2) is 21.6 Å². The van der Waals surface area contributed by atoms with Crippen molar-refractivity contribution in [1.82, 2.24) is 4.90 Å². The van der Waals surface area contributed by atoms with E-state index in [1.54, 1.807) is 0 Å². The van der Waals surface area contributed by atoms with E-state index >= 15 is 0 Å². The molecule has 0 aromatic heterocycles. The predicted molar refractivity (Wildman–Crippen MR) is 64.9 cm³/mol. The molecule has 1 heterocycles. The highest BCUT2D eigenvalue weighted by molar-refractivity contribution is 8.14. The number of halogens is 4. The second-order valence-corrected chi connectivity index (χ2v) is 7.33. The van der Waals surface area contributed by atoms with Crippen LogP contribution in [0.1, 0.15) is 12.0 Å². The molecule has 1 amide bonds. The van der Waals surface area contributed by atoms with Crippen LogP contribution in [0.15, 0.2) is 12.1 Å². The predicted octanol–water partition coefficient (Wildman–Crippen LogP) is 1.77. The van der Waals surface area contributed by atoms with Gasteiger partial charge in [0.2, 0.25) is 15.0 Å². The normalized spacial score (nSPS) is 19.7. The fraction of sp³-hybridized carbons (Fsp3) is 0.364. The van der Waals surface area contributed by atoms with Crippen molar-refractivity contribution in [3.63, 3.8) is 0 Å². The van der Waals surface area contributed by atoms with Gasteiger partial charge in [0.05, 0.1) is 6.54 Å². The summed E-state index contributed by atoms with van der Waals surface area (Å²) >= 11 is 0. The molecule has 1 saturated heterocycles. The zero-order chi connectivity index (χ0) is 15.1. The Bertz CT molecular complexity index is 642. The van der Waals surface area contributed by atoms with Crippen LogP contribution in [0.4, 0.5) is 13.2 Å². The lowest BCUT2D eigenvalue weighted by atomic mass is 10.2. The lowest BCUT2D eigenvalue weighted by Gasteiger charge is -2.17. The Hall–Kier alpha value is -1.28. The third-order valence-electron chi connectivity index (χ3n) is 3.03. The van der Waals surface area contributed by atoms with Crippen LogP contribution in [-0.4, -0.2) is 31.0 Å². The molecule has 2 rings (SSSR count). The zero-order valence-electron chi connectivity index (χ0n) is 9.95. The van der Waals surface area contributed by atoms with E-state index in [4.69, 9.17) is 10.7 Å². The minimum atomic E-state index is -3.93. The van der Waals surface area contributed by atoms with Gasteiger partial charge in [-0.3, -0.25) is 4.79 Å². The Labute approximate surface area is 117 Å². The summed E-state index contributed by atoms with van der Waals surface area (Å²) in [5.41, 5.74) is -0.493. The van der Waals surface area contributed by atoms with E-state index in [1.165, 1.54) is 0 Å². The number of carbonyl (C=O) groups is 1. The van der Waals surface area contributed by atoms with Gasteiger partial charge in [-0.1, -0.05) is 0 Å². The van der Waals surface area contributed by atoms with Crippen LogP contribution in [0.5, 0.6) is 0 Å². The second kappa shape index (κ2) is 5.25. The van der Waals surface area contributed by atoms with Gasteiger partial charge < -0.3 is 4.90 Å². The summed E-state index contributed by atoms with van der Waals surface area (Å²) in [7, 11) is 1.23. The molecular weight excluding hydrogens is 319 g/mol. The largest absolute Gasteiger partial charge is 0.337 e. The average molecular weight is 328 g/mol. The first-order chi connectivity index (χ1) is 9.18. The molecule has 1 aromatic carbocycles. The van der Waals surface area contributed by atoms with E-state index in [0.717, 1.165) is 4.90 Å². The van der Waals surface area contributed by atoms with Gasteiger partial charge in [-0.2, -0.15) is 0 Å². The van der Waals surface area contributed by atoms with Crippen molar-refractivity contribution in [3.05, 3.63) is 35.1 Å². The number of hydrogen-bond acceptors (Lipinski definition) is 3. The van der Waals surface area contributed by atoms with Gasteiger partial charge in [0.25, 0.3) is 0 Å². The van der Waals surface area contributed by atoms with Crippen molar-refractivity contribution < 1.29 is 26.4 Å². The molecule has 0 bridgehead atoms. The van der Waals surface area contributed by atoms with E-state index in [1.807, 2.05) is 0 Å². The summed E-state index contributed by atoms with van der Waals surface area (Å²) in [6.45, 7) is -0.722. The van der Waals surface area contributed by atoms with Crippen LogP contribution < -0.4 is 0 Å². The minimum absolute atomic E-state index is 0.249. The van der Waals surface area contributed by atoms with Crippen LogP contribution in [0.2, 0.25) is 0 Å². The topological polar surface area (TPSA) is 54.5 Å². The molecule has 110 valence electrons. The summed E-state index contributed by atoms with van der Waals surface area (Å²) in [5.74, 6) is -3.92. The lowest BCUT2D eigenvalue weighted by Crippen LogP contribution is -2.27. The monoisotopic (exact) mass is 327 g/mol. The maximum absolute atomic E-state index is 13.5. The first-order valence-corrected chi connectivity index (χ1v) is 7.90. The van der Waals surface area contributed by atoms with Gasteiger partial charge in [0.1, 0.15) is 22.7 Å². The highest BCUT2D eigenvalue weighted by Gasteiger charge is 2.37. The van der Waals surface area contributed by atoms with Gasteiger partial charge >= 0.3 is 0 Å². The van der Waals surface area contributed by atoms with Crippen molar-refractivity contribution in [3.8, 4) is 0 Å². The molecule has 1 atom stereocenters. The molecule has 0 spiro atoms. The molecule has 1 unspecified atom stereocenters. The second-order valence-electron chi connectivity index (χ2n) is 4.42. The molecule has 1 aliphatic rings. The fourth-order valence-corrected chi connectivity index (χ4v) is 3.05. The van der Waals surface area contributed by atoms with Gasteiger partial charge in [-0.15, -0.1) is 0 Å². The number of rotatable bonds is 3. The van der Waals surface area contributed by atoms with E-state index < -0.39 is 49.8 Å². The third-order valence-corrected chi connectivity index (χ3v) is 4.90. The number of benzene rings is 1. The molecule has 1 aliphatic heterocycles. The van der Waals surface area contributed by atoms with Crippen molar-refractivity contribution in [2.45, 2.75) is 18.2 Å². The molecule has 9 heteroatoms. The fourth-order valence-electron chi connectivity index (χ4n) is 1.99. The Kier molecular flexibility index (Phi) is 3.97. The Balaban J connectivity index is 2.22. The first kappa shape index (κ1) is 15.1. The number of amides is 1. The molecule has 0 N–H and O–H groups in total. The summed E-state index contributed by atoms with van der Waals surface area (Å²) in [6, 6.07) is 0.990. The molecule has 20 heavy (non-hydrogen) atoms. The van der Waals surface area contributed by atoms with E-state index in [2.05, 4.69) is 0 Å². The van der Waals surface area contributed by atoms with E-state index in [0.29, 0.717) is 12.1 Å². The van der Waals surface area contributed by atoms with Crippen LogP contribution in [0, 0.1) is 17.5 Å². The number of likely N-dealkylation sites (tertiary alicyclic amines) is 1. The number of carbonyl (C=O) groups excluding carboxylic acids is 1. The molecule has 1 fully saturated rings. The molecule has 0 aliphatic carbocycles. The quantitative estimate of drug-likeness (QED) is 0.795. The third kappa shape index (κ3) is 3.06. The van der Waals surface area contributed by atoms with Crippen LogP contribution >= 0.6 is 10.7 Å². The average Bonchev–Trinajstić information content (AvgIpc) is 2.65. The van der Waals surface area contributed by atoms with Gasteiger partial charge in [-0.05, 0) is 0 Å². The molecular formula is C11H9ClF3NO3S. The summed E-state index contributed by atoms with van der Waals surface area (Å²) in [4.78, 5) is 12.6. The highest BCUT2D eigenvalue weighted by Crippen LogP contribution is 2.24. The first-order valence-electron chi connectivity index (χ1n) is 5.53. The summed E-state index contributed by atoms with van der Waals surface area (Å²) in [6.07, 6.45) is -0.337. The summed E-state index contributed by atoms with van der Waals surface area (Å²) in [5, 5.41) is -1.11. The standard InChI is InChI=1S/C11H9ClF3NO3S/c12-20(18,19)7-3-11(17)16(4-7)5-8-9(14)1-6(13)2-10(8)15/h1-2,7H,3-5H2. The zero-order valence-corrected chi connectivity index (χ0v) is 11.5. The van der Waals surface area contributed by atoms with Crippen molar-refractivity contribution in [2.75, 3.05) is 6.54 Å². The highest BCUT2D eigenvalue weighted by atomic mass is 35.7. The number of hydrogen-bond donors (Lipinski definition) is 0. The van der Waals surface area contributed by atoms with Crippen LogP contribution in [-0.2, 0) is 20.4 Å². The van der Waals surface area contributed by atoms with E-state index in [-0.39, 0.29) is 13.0 Å². The van der Waals surface area contributed by atoms with Crippen LogP contribution in [0.3, 0.4) is 0 Å². The minimum Gasteiger partial charge on any atom is -0.337 e. The smallest absolute Gasteiger partial charge is 0.237 e. The maximum atomic E-state index is 13.5. The Morgan fingerprint density at radius 3 is 2.25 bits per heavy atom. The molecule has 0 saturated carbocycles. The van der Waals surface area contributed by atoms with E-state index in [9.17, 15) is 26.4 Å². The van der Waals surface area contributed by atoms with Gasteiger partial charge in [0, 0.05) is 41.3 Å².